The molecule has 0 saturated carbocycles. The lowest BCUT2D eigenvalue weighted by atomic mass is 10.2. The van der Waals surface area contributed by atoms with Gasteiger partial charge in [-0.25, -0.2) is 0 Å². The quantitative estimate of drug-likeness (QED) is 0.594. The molecule has 3 heteroatoms. The highest BCUT2D eigenvalue weighted by Gasteiger charge is 2.25. The van der Waals surface area contributed by atoms with E-state index in [0.29, 0.717) is 5.04 Å². The summed E-state index contributed by atoms with van der Waals surface area (Å²) in [5, 5.41) is 1.80. The van der Waals surface area contributed by atoms with E-state index in [2.05, 4.69) is 48.2 Å². The predicted molar refractivity (Wildman–Crippen MR) is 68.4 cm³/mol. The summed E-state index contributed by atoms with van der Waals surface area (Å²) in [7, 11) is 0.673. The van der Waals surface area contributed by atoms with E-state index < -0.39 is 7.42 Å². The van der Waals surface area contributed by atoms with Crippen LogP contribution in [0.2, 0.25) is 5.04 Å². The Hall–Kier alpha value is -0.283. The van der Waals surface area contributed by atoms with Crippen LogP contribution in [-0.2, 0) is 0 Å². The fraction of sp³-hybridized carbons (Fsp3) is 0.455. The molecule has 0 heterocycles. The zero-order chi connectivity index (χ0) is 10.8. The van der Waals surface area contributed by atoms with Crippen molar-refractivity contribution < 1.29 is 4.74 Å². The topological polar surface area (TPSA) is 9.23 Å². The largest absolute Gasteiger partial charge is 0.497 e. The Bertz CT molecular complexity index is 289. The summed E-state index contributed by atoms with van der Waals surface area (Å²) in [6.07, 6.45) is 0. The minimum Gasteiger partial charge on any atom is -0.497 e. The fourth-order valence-corrected chi connectivity index (χ4v) is 3.72. The van der Waals surface area contributed by atoms with Crippen molar-refractivity contribution in [3.63, 3.8) is 0 Å². The Kier molecular flexibility index (Phi) is 3.78. The Morgan fingerprint density at radius 2 is 1.64 bits per heavy atom. The van der Waals surface area contributed by atoms with Gasteiger partial charge in [0.15, 0.2) is 0 Å². The number of benzene rings is 1. The maximum Gasteiger partial charge on any atom is 0.150 e. The highest BCUT2D eigenvalue weighted by atomic mass is 79.9. The summed E-state index contributed by atoms with van der Waals surface area (Å²) in [6, 6.07) is 8.39. The van der Waals surface area contributed by atoms with E-state index in [-0.39, 0.29) is 0 Å². The molecule has 0 saturated heterocycles. The number of methoxy groups -OCH3 is 1. The van der Waals surface area contributed by atoms with Crippen molar-refractivity contribution in [2.75, 3.05) is 7.11 Å². The van der Waals surface area contributed by atoms with Crippen molar-refractivity contribution in [3.05, 3.63) is 24.3 Å². The molecule has 1 rings (SSSR count). The molecule has 0 radical (unpaired) electrons. The molecule has 0 amide bonds. The molecule has 0 aliphatic carbocycles. The standard InChI is InChI=1S/C11H17BrOSi/c1-11(2,3)14(12)10-7-5-9(13-4)6-8-10/h5-8,14H,1-4H3. The third-order valence-corrected chi connectivity index (χ3v) is 10.4. The van der Waals surface area contributed by atoms with Gasteiger partial charge in [0.2, 0.25) is 0 Å². The van der Waals surface area contributed by atoms with E-state index in [1.807, 2.05) is 12.1 Å². The molecule has 0 spiro atoms. The molecule has 1 nitrogen and oxygen atoms in total. The average molecular weight is 273 g/mol. The molecular formula is C11H17BrOSi. The molecule has 1 aromatic rings. The van der Waals surface area contributed by atoms with Crippen molar-refractivity contribution >= 4 is 27.9 Å². The van der Waals surface area contributed by atoms with Crippen LogP contribution in [0, 0.1) is 0 Å². The first-order valence-electron chi connectivity index (χ1n) is 4.73. The smallest absolute Gasteiger partial charge is 0.150 e. The molecule has 0 bridgehead atoms. The first-order valence-corrected chi connectivity index (χ1v) is 9.07. The van der Waals surface area contributed by atoms with Gasteiger partial charge in [-0.1, -0.05) is 32.9 Å². The minimum absolute atomic E-state index is 0.370. The van der Waals surface area contributed by atoms with Crippen LogP contribution >= 0.6 is 15.3 Å². The zero-order valence-corrected chi connectivity index (χ0v) is 11.9. The zero-order valence-electron chi connectivity index (χ0n) is 9.17. The van der Waals surface area contributed by atoms with Crippen molar-refractivity contribution in [1.29, 1.82) is 0 Å². The third-order valence-electron chi connectivity index (χ3n) is 2.17. The SMILES string of the molecule is COc1ccc([SiH](Br)C(C)(C)C)cc1. The van der Waals surface area contributed by atoms with Crippen molar-refractivity contribution in [2.45, 2.75) is 25.8 Å². The molecule has 1 unspecified atom stereocenters. The predicted octanol–water partition coefficient (Wildman–Crippen LogP) is 2.82. The van der Waals surface area contributed by atoms with Crippen LogP contribution in [-0.4, -0.2) is 14.5 Å². The summed E-state index contributed by atoms with van der Waals surface area (Å²) >= 11 is 3.85. The fourth-order valence-electron chi connectivity index (χ4n) is 1.27. The second kappa shape index (κ2) is 4.49. The first-order chi connectivity index (χ1) is 6.45. The number of hydrogen-bond donors (Lipinski definition) is 0. The molecule has 1 atom stereocenters. The number of ether oxygens (including phenoxy) is 1. The van der Waals surface area contributed by atoms with E-state index in [4.69, 9.17) is 4.74 Å². The molecule has 14 heavy (non-hydrogen) atoms. The first kappa shape index (κ1) is 11.8. The average Bonchev–Trinajstić information content (AvgIpc) is 2.15. The van der Waals surface area contributed by atoms with E-state index >= 15 is 0 Å². The lowest BCUT2D eigenvalue weighted by Gasteiger charge is -2.24. The highest BCUT2D eigenvalue weighted by Crippen LogP contribution is 2.30. The van der Waals surface area contributed by atoms with Gasteiger partial charge in [-0.2, -0.15) is 0 Å². The van der Waals surface area contributed by atoms with Crippen molar-refractivity contribution in [3.8, 4) is 5.75 Å². The number of rotatable bonds is 2. The van der Waals surface area contributed by atoms with E-state index in [0.717, 1.165) is 5.75 Å². The van der Waals surface area contributed by atoms with Gasteiger partial charge in [-0.05, 0) is 22.4 Å². The molecule has 78 valence electrons. The summed E-state index contributed by atoms with van der Waals surface area (Å²) in [4.78, 5) is 0. The van der Waals surface area contributed by atoms with Crippen LogP contribution in [0.5, 0.6) is 5.75 Å². The lowest BCUT2D eigenvalue weighted by molar-refractivity contribution is 0.415. The van der Waals surface area contributed by atoms with Gasteiger partial charge in [-0.3, -0.25) is 0 Å². The van der Waals surface area contributed by atoms with Crippen molar-refractivity contribution in [1.82, 2.24) is 0 Å². The molecule has 0 aromatic heterocycles. The summed E-state index contributed by atoms with van der Waals surface area (Å²) in [5.41, 5.74) is 0. The van der Waals surface area contributed by atoms with E-state index in [1.54, 1.807) is 7.11 Å². The van der Waals surface area contributed by atoms with Gasteiger partial charge in [-0.15, -0.1) is 15.3 Å². The van der Waals surface area contributed by atoms with Crippen molar-refractivity contribution in [2.24, 2.45) is 0 Å². The maximum absolute atomic E-state index is 5.13. The van der Waals surface area contributed by atoms with Gasteiger partial charge < -0.3 is 4.74 Å². The molecular weight excluding hydrogens is 256 g/mol. The molecule has 0 N–H and O–H groups in total. The van der Waals surface area contributed by atoms with Gasteiger partial charge in [0.25, 0.3) is 0 Å². The van der Waals surface area contributed by atoms with Gasteiger partial charge in [0.05, 0.1) is 7.11 Å². The van der Waals surface area contributed by atoms with E-state index in [9.17, 15) is 0 Å². The molecule has 0 aliphatic rings. The van der Waals surface area contributed by atoms with Crippen LogP contribution in [0.25, 0.3) is 0 Å². The van der Waals surface area contributed by atoms with Gasteiger partial charge >= 0.3 is 0 Å². The Labute approximate surface area is 95.7 Å². The second-order valence-electron chi connectivity index (χ2n) is 4.50. The Morgan fingerprint density at radius 3 is 2.00 bits per heavy atom. The molecule has 0 aliphatic heterocycles. The second-order valence-corrected chi connectivity index (χ2v) is 10.4. The van der Waals surface area contributed by atoms with Crippen LogP contribution in [0.3, 0.4) is 0 Å². The van der Waals surface area contributed by atoms with Gasteiger partial charge in [0, 0.05) is 0 Å². The lowest BCUT2D eigenvalue weighted by Crippen LogP contribution is -2.32. The monoisotopic (exact) mass is 272 g/mol. The van der Waals surface area contributed by atoms with Crippen LogP contribution in [0.4, 0.5) is 0 Å². The maximum atomic E-state index is 5.13. The molecule has 0 fully saturated rings. The summed E-state index contributed by atoms with van der Waals surface area (Å²) < 4.78 is 5.13. The number of halogens is 1. The van der Waals surface area contributed by atoms with Crippen LogP contribution in [0.15, 0.2) is 24.3 Å². The molecule has 1 aromatic carbocycles. The Morgan fingerprint density at radius 1 is 1.14 bits per heavy atom. The number of hydrogen-bond acceptors (Lipinski definition) is 1. The minimum atomic E-state index is -1.02. The Balaban J connectivity index is 2.87. The summed E-state index contributed by atoms with van der Waals surface area (Å²) in [5.74, 6) is 0.927. The normalized spacial score (nSPS) is 13.8. The van der Waals surface area contributed by atoms with Gasteiger partial charge in [0.1, 0.15) is 13.2 Å². The third kappa shape index (κ3) is 2.85. The highest BCUT2D eigenvalue weighted by molar-refractivity contribution is 9.25. The van der Waals surface area contributed by atoms with E-state index in [1.165, 1.54) is 5.19 Å². The van der Waals surface area contributed by atoms with Crippen LogP contribution in [0.1, 0.15) is 20.8 Å². The van der Waals surface area contributed by atoms with Crippen LogP contribution < -0.4 is 9.92 Å². The summed E-state index contributed by atoms with van der Waals surface area (Å²) in [6.45, 7) is 6.84.